The Kier molecular flexibility index (Phi) is 5.44. The molecule has 2 aromatic carbocycles. The molecule has 3 atom stereocenters. The van der Waals surface area contributed by atoms with E-state index in [1.165, 1.54) is 24.8 Å². The molecule has 2 heterocycles. The Morgan fingerprint density at radius 2 is 1.70 bits per heavy atom. The van der Waals surface area contributed by atoms with Gasteiger partial charge in [0.25, 0.3) is 5.91 Å². The highest BCUT2D eigenvalue weighted by atomic mass is 16.5. The number of carbonyl (C=O) groups is 1. The third kappa shape index (κ3) is 4.16. The number of piperidine rings is 2. The van der Waals surface area contributed by atoms with E-state index in [0.717, 1.165) is 30.7 Å². The zero-order valence-electron chi connectivity index (χ0n) is 15.9. The maximum absolute atomic E-state index is 12.5. The molecule has 0 spiro atoms. The van der Waals surface area contributed by atoms with Gasteiger partial charge in [-0.2, -0.15) is 0 Å². The van der Waals surface area contributed by atoms with Crippen LogP contribution in [0.3, 0.4) is 0 Å². The van der Waals surface area contributed by atoms with Gasteiger partial charge in [-0.25, -0.2) is 0 Å². The first-order chi connectivity index (χ1) is 13.2. The van der Waals surface area contributed by atoms with Crippen LogP contribution in [0.5, 0.6) is 5.75 Å². The van der Waals surface area contributed by atoms with Gasteiger partial charge >= 0.3 is 0 Å². The van der Waals surface area contributed by atoms with Crippen LogP contribution in [0, 0.1) is 0 Å². The fraction of sp³-hybridized carbons (Fsp3) is 0.435. The summed E-state index contributed by atoms with van der Waals surface area (Å²) in [5.41, 5.74) is 2.09. The van der Waals surface area contributed by atoms with E-state index in [1.54, 1.807) is 7.11 Å². The van der Waals surface area contributed by atoms with Crippen LogP contribution in [0.15, 0.2) is 54.6 Å². The summed E-state index contributed by atoms with van der Waals surface area (Å²) >= 11 is 0. The van der Waals surface area contributed by atoms with Crippen LogP contribution in [-0.4, -0.2) is 36.0 Å². The zero-order valence-corrected chi connectivity index (χ0v) is 15.9. The summed E-state index contributed by atoms with van der Waals surface area (Å²) in [7, 11) is 1.70. The highest BCUT2D eigenvalue weighted by molar-refractivity contribution is 5.94. The van der Waals surface area contributed by atoms with Crippen LogP contribution in [0.1, 0.15) is 48.0 Å². The van der Waals surface area contributed by atoms with Crippen molar-refractivity contribution >= 4 is 5.91 Å². The summed E-state index contributed by atoms with van der Waals surface area (Å²) in [6, 6.07) is 19.3. The summed E-state index contributed by atoms with van der Waals surface area (Å²) < 4.78 is 5.27. The van der Waals surface area contributed by atoms with Crippen LogP contribution in [0.2, 0.25) is 0 Å². The van der Waals surface area contributed by atoms with E-state index >= 15 is 0 Å². The predicted molar refractivity (Wildman–Crippen MR) is 107 cm³/mol. The second kappa shape index (κ2) is 8.13. The number of fused-ring (bicyclic) bond motifs is 2. The Balaban J connectivity index is 1.40. The van der Waals surface area contributed by atoms with Crippen molar-refractivity contribution in [2.45, 2.75) is 56.8 Å². The highest BCUT2D eigenvalue weighted by Gasteiger charge is 2.38. The summed E-state index contributed by atoms with van der Waals surface area (Å²) in [4.78, 5) is 15.2. The molecule has 1 N–H and O–H groups in total. The number of methoxy groups -OCH3 is 1. The molecular formula is C23H28N2O2. The molecule has 27 heavy (non-hydrogen) atoms. The predicted octanol–water partition coefficient (Wildman–Crippen LogP) is 4.01. The molecule has 2 fully saturated rings. The fourth-order valence-electron chi connectivity index (χ4n) is 4.65. The van der Waals surface area contributed by atoms with E-state index in [4.69, 9.17) is 4.74 Å². The average Bonchev–Trinajstić information content (AvgIpc) is 2.70. The van der Waals surface area contributed by atoms with Crippen molar-refractivity contribution < 1.29 is 9.53 Å². The number of benzene rings is 2. The summed E-state index contributed by atoms with van der Waals surface area (Å²) in [6.07, 6.45) is 5.85. The third-order valence-corrected chi connectivity index (χ3v) is 6.02. The number of carbonyl (C=O) groups excluding carboxylic acids is 1. The zero-order chi connectivity index (χ0) is 18.6. The second-order valence-electron chi connectivity index (χ2n) is 7.77. The second-order valence-corrected chi connectivity index (χ2v) is 7.77. The van der Waals surface area contributed by atoms with Gasteiger partial charge in [0.1, 0.15) is 5.75 Å². The maximum atomic E-state index is 12.5. The lowest BCUT2D eigenvalue weighted by Crippen LogP contribution is -2.56. The molecule has 4 nitrogen and oxygen atoms in total. The minimum atomic E-state index is 0.0577. The molecule has 1 unspecified atom stereocenters. The Morgan fingerprint density at radius 3 is 2.33 bits per heavy atom. The first-order valence-corrected chi connectivity index (χ1v) is 9.97. The minimum Gasteiger partial charge on any atom is -0.497 e. The van der Waals surface area contributed by atoms with Crippen molar-refractivity contribution in [2.75, 3.05) is 7.11 Å². The molecule has 2 aliphatic heterocycles. The third-order valence-electron chi connectivity index (χ3n) is 6.02. The van der Waals surface area contributed by atoms with Crippen molar-refractivity contribution in [3.8, 4) is 5.75 Å². The summed E-state index contributed by atoms with van der Waals surface area (Å²) in [5, 5.41) is 3.28. The normalized spacial score (nSPS) is 25.0. The molecule has 4 rings (SSSR count). The van der Waals surface area contributed by atoms with Crippen LogP contribution in [-0.2, 0) is 6.54 Å². The largest absolute Gasteiger partial charge is 0.497 e. The fourth-order valence-corrected chi connectivity index (χ4v) is 4.65. The molecule has 1 amide bonds. The number of ether oxygens (including phenoxy) is 1. The monoisotopic (exact) mass is 364 g/mol. The smallest absolute Gasteiger partial charge is 0.251 e. The first-order valence-electron chi connectivity index (χ1n) is 9.97. The number of amides is 1. The minimum absolute atomic E-state index is 0.0577. The summed E-state index contributed by atoms with van der Waals surface area (Å²) in [5.74, 6) is 0.962. The van der Waals surface area contributed by atoms with Crippen LogP contribution < -0.4 is 10.1 Å². The number of nitrogens with one attached hydrogen (secondary N) is 1. The molecule has 0 saturated carbocycles. The van der Waals surface area contributed by atoms with E-state index in [-0.39, 0.29) is 11.9 Å². The van der Waals surface area contributed by atoms with E-state index in [2.05, 4.69) is 22.3 Å². The van der Waals surface area contributed by atoms with Gasteiger partial charge in [-0.05, 0) is 55.5 Å². The maximum Gasteiger partial charge on any atom is 0.251 e. The molecule has 2 bridgehead atoms. The van der Waals surface area contributed by atoms with E-state index in [0.29, 0.717) is 12.1 Å². The van der Waals surface area contributed by atoms with Crippen LogP contribution in [0.4, 0.5) is 0 Å². The number of hydrogen-bond acceptors (Lipinski definition) is 3. The van der Waals surface area contributed by atoms with Crippen LogP contribution in [0.25, 0.3) is 0 Å². The molecule has 2 aliphatic rings. The standard InChI is InChI=1S/C23H28N2O2/c1-27-22-12-10-17(11-13-22)16-25-20-8-5-9-21(25)15-19(14-20)24-23(26)18-6-3-2-4-7-18/h2-4,6-7,10-13,19-21H,5,8-9,14-16H2,1H3,(H,24,26)/t19?,20-,21+. The number of hydrogen-bond donors (Lipinski definition) is 1. The average molecular weight is 364 g/mol. The van der Waals surface area contributed by atoms with Crippen molar-refractivity contribution in [3.63, 3.8) is 0 Å². The van der Waals surface area contributed by atoms with Crippen molar-refractivity contribution in [1.29, 1.82) is 0 Å². The Morgan fingerprint density at radius 1 is 1.04 bits per heavy atom. The van der Waals surface area contributed by atoms with Gasteiger partial charge < -0.3 is 10.1 Å². The lowest BCUT2D eigenvalue weighted by molar-refractivity contribution is 0.0177. The van der Waals surface area contributed by atoms with Gasteiger partial charge in [0.2, 0.25) is 0 Å². The molecule has 0 radical (unpaired) electrons. The number of nitrogens with zero attached hydrogens (tertiary/aromatic N) is 1. The van der Waals surface area contributed by atoms with E-state index < -0.39 is 0 Å². The Labute approximate surface area is 161 Å². The van der Waals surface area contributed by atoms with Crippen LogP contribution >= 0.6 is 0 Å². The molecule has 2 saturated heterocycles. The van der Waals surface area contributed by atoms with Crippen molar-refractivity contribution in [2.24, 2.45) is 0 Å². The van der Waals surface area contributed by atoms with E-state index in [9.17, 15) is 4.79 Å². The van der Waals surface area contributed by atoms with Gasteiger partial charge in [-0.1, -0.05) is 36.8 Å². The SMILES string of the molecule is COc1ccc(CN2[C@@H]3CCC[C@H]2CC(NC(=O)c2ccccc2)C3)cc1. The topological polar surface area (TPSA) is 41.6 Å². The molecule has 0 aromatic heterocycles. The molecule has 2 aromatic rings. The quantitative estimate of drug-likeness (QED) is 0.872. The number of rotatable bonds is 5. The summed E-state index contributed by atoms with van der Waals surface area (Å²) in [6.45, 7) is 0.985. The Bertz CT molecular complexity index is 746. The van der Waals surface area contributed by atoms with Gasteiger partial charge in [0.15, 0.2) is 0 Å². The van der Waals surface area contributed by atoms with Gasteiger partial charge in [0, 0.05) is 30.2 Å². The highest BCUT2D eigenvalue weighted by Crippen LogP contribution is 2.35. The van der Waals surface area contributed by atoms with Gasteiger partial charge in [-0.15, -0.1) is 0 Å². The lowest BCUT2D eigenvalue weighted by Gasteiger charge is -2.49. The molecular weight excluding hydrogens is 336 g/mol. The first kappa shape index (κ1) is 18.1. The Hall–Kier alpha value is -2.33. The molecule has 142 valence electrons. The van der Waals surface area contributed by atoms with E-state index in [1.807, 2.05) is 42.5 Å². The van der Waals surface area contributed by atoms with Gasteiger partial charge in [0.05, 0.1) is 7.11 Å². The van der Waals surface area contributed by atoms with Crippen molar-refractivity contribution in [1.82, 2.24) is 10.2 Å². The molecule has 4 heteroatoms. The molecule has 0 aliphatic carbocycles. The van der Waals surface area contributed by atoms with Crippen molar-refractivity contribution in [3.05, 3.63) is 65.7 Å². The lowest BCUT2D eigenvalue weighted by atomic mass is 9.81. The van der Waals surface area contributed by atoms with Gasteiger partial charge in [-0.3, -0.25) is 9.69 Å².